The SMILES string of the molecule is CC1OC1C1C(C)C2CC(O)C1C2. The minimum Gasteiger partial charge on any atom is -0.393 e. The third kappa shape index (κ3) is 1.02. The van der Waals surface area contributed by atoms with Crippen LogP contribution in [-0.4, -0.2) is 23.4 Å². The molecule has 1 aliphatic heterocycles. The zero-order valence-corrected chi connectivity index (χ0v) is 8.31. The normalized spacial score (nSPS) is 64.4. The summed E-state index contributed by atoms with van der Waals surface area (Å²) in [5.41, 5.74) is 0. The number of aliphatic hydroxyl groups excluding tert-OH is 1. The highest BCUT2D eigenvalue weighted by Gasteiger charge is 2.58. The summed E-state index contributed by atoms with van der Waals surface area (Å²) in [4.78, 5) is 0. The van der Waals surface area contributed by atoms with Crippen LogP contribution in [0.5, 0.6) is 0 Å². The van der Waals surface area contributed by atoms with Gasteiger partial charge in [-0.1, -0.05) is 6.92 Å². The Bertz CT molecular complexity index is 228. The van der Waals surface area contributed by atoms with E-state index in [4.69, 9.17) is 4.74 Å². The van der Waals surface area contributed by atoms with E-state index in [1.807, 2.05) is 0 Å². The monoisotopic (exact) mass is 182 g/mol. The lowest BCUT2D eigenvalue weighted by atomic mass is 9.76. The molecule has 7 atom stereocenters. The summed E-state index contributed by atoms with van der Waals surface area (Å²) in [5.74, 6) is 2.77. The number of epoxide rings is 1. The first-order chi connectivity index (χ1) is 6.18. The molecule has 0 spiro atoms. The zero-order valence-electron chi connectivity index (χ0n) is 8.31. The van der Waals surface area contributed by atoms with Crippen molar-refractivity contribution in [2.24, 2.45) is 23.7 Å². The summed E-state index contributed by atoms with van der Waals surface area (Å²) in [6, 6.07) is 0. The molecule has 1 saturated heterocycles. The Balaban J connectivity index is 1.80. The molecule has 0 aromatic heterocycles. The molecule has 2 nitrogen and oxygen atoms in total. The first kappa shape index (κ1) is 8.25. The lowest BCUT2D eigenvalue weighted by molar-refractivity contribution is 0.0453. The molecule has 2 saturated carbocycles. The minimum absolute atomic E-state index is 0.0254. The van der Waals surface area contributed by atoms with Gasteiger partial charge in [0.15, 0.2) is 0 Å². The van der Waals surface area contributed by atoms with Crippen molar-refractivity contribution in [2.45, 2.75) is 45.0 Å². The fraction of sp³-hybridized carbons (Fsp3) is 1.00. The number of rotatable bonds is 1. The van der Waals surface area contributed by atoms with Crippen LogP contribution in [0.1, 0.15) is 26.7 Å². The number of ether oxygens (including phenoxy) is 1. The van der Waals surface area contributed by atoms with E-state index < -0.39 is 0 Å². The lowest BCUT2D eigenvalue weighted by Gasteiger charge is -2.30. The minimum atomic E-state index is -0.0254. The van der Waals surface area contributed by atoms with Crippen molar-refractivity contribution in [2.75, 3.05) is 0 Å². The molecule has 13 heavy (non-hydrogen) atoms. The van der Waals surface area contributed by atoms with Crippen molar-refractivity contribution < 1.29 is 9.84 Å². The van der Waals surface area contributed by atoms with E-state index in [0.29, 0.717) is 24.0 Å². The standard InChI is InChI=1S/C11H18O2/c1-5-7-3-8(9(12)4-7)10(5)11-6(2)13-11/h5-12H,3-4H2,1-2H3. The summed E-state index contributed by atoms with van der Waals surface area (Å²) in [6.07, 6.45) is 3.20. The van der Waals surface area contributed by atoms with E-state index in [1.165, 1.54) is 6.42 Å². The Labute approximate surface area is 79.3 Å². The Morgan fingerprint density at radius 1 is 1.23 bits per heavy atom. The van der Waals surface area contributed by atoms with Gasteiger partial charge in [-0.05, 0) is 43.4 Å². The van der Waals surface area contributed by atoms with E-state index in [9.17, 15) is 5.11 Å². The van der Waals surface area contributed by atoms with Gasteiger partial charge in [0.25, 0.3) is 0 Å². The fourth-order valence-corrected chi connectivity index (χ4v) is 3.78. The summed E-state index contributed by atoms with van der Waals surface area (Å²) < 4.78 is 5.56. The van der Waals surface area contributed by atoms with Gasteiger partial charge in [0.1, 0.15) is 0 Å². The molecule has 74 valence electrons. The molecule has 2 aliphatic carbocycles. The molecule has 2 heteroatoms. The van der Waals surface area contributed by atoms with Crippen LogP contribution in [0.3, 0.4) is 0 Å². The summed E-state index contributed by atoms with van der Waals surface area (Å²) in [5, 5.41) is 9.81. The van der Waals surface area contributed by atoms with Crippen LogP contribution in [0, 0.1) is 23.7 Å². The van der Waals surface area contributed by atoms with Gasteiger partial charge in [0.2, 0.25) is 0 Å². The van der Waals surface area contributed by atoms with Crippen molar-refractivity contribution in [3.05, 3.63) is 0 Å². The van der Waals surface area contributed by atoms with Crippen LogP contribution in [0.4, 0.5) is 0 Å². The molecule has 0 aromatic carbocycles. The maximum absolute atomic E-state index is 9.81. The van der Waals surface area contributed by atoms with E-state index >= 15 is 0 Å². The second-order valence-corrected chi connectivity index (χ2v) is 5.20. The highest BCUT2D eigenvalue weighted by Crippen LogP contribution is 2.56. The number of hydrogen-bond donors (Lipinski definition) is 1. The van der Waals surface area contributed by atoms with Gasteiger partial charge in [0.05, 0.1) is 18.3 Å². The van der Waals surface area contributed by atoms with Crippen LogP contribution < -0.4 is 0 Å². The summed E-state index contributed by atoms with van der Waals surface area (Å²) >= 11 is 0. The van der Waals surface area contributed by atoms with Gasteiger partial charge >= 0.3 is 0 Å². The van der Waals surface area contributed by atoms with Crippen molar-refractivity contribution in [1.82, 2.24) is 0 Å². The summed E-state index contributed by atoms with van der Waals surface area (Å²) in [7, 11) is 0. The topological polar surface area (TPSA) is 32.8 Å². The molecule has 0 radical (unpaired) electrons. The molecule has 1 N–H and O–H groups in total. The van der Waals surface area contributed by atoms with Crippen molar-refractivity contribution in [1.29, 1.82) is 0 Å². The zero-order chi connectivity index (χ0) is 9.16. The molecule has 2 bridgehead atoms. The van der Waals surface area contributed by atoms with E-state index in [-0.39, 0.29) is 6.10 Å². The maximum Gasteiger partial charge on any atom is 0.0873 e. The summed E-state index contributed by atoms with van der Waals surface area (Å²) in [6.45, 7) is 4.49. The smallest absolute Gasteiger partial charge is 0.0873 e. The molecular weight excluding hydrogens is 164 g/mol. The third-order valence-electron chi connectivity index (χ3n) is 4.60. The molecule has 0 aromatic rings. The van der Waals surface area contributed by atoms with Gasteiger partial charge in [-0.2, -0.15) is 0 Å². The largest absolute Gasteiger partial charge is 0.393 e. The van der Waals surface area contributed by atoms with Crippen LogP contribution >= 0.6 is 0 Å². The maximum atomic E-state index is 9.81. The highest BCUT2D eigenvalue weighted by molar-refractivity contribution is 5.06. The van der Waals surface area contributed by atoms with Gasteiger partial charge in [0, 0.05) is 0 Å². The molecule has 3 rings (SSSR count). The quantitative estimate of drug-likeness (QED) is 0.622. The van der Waals surface area contributed by atoms with Gasteiger partial charge in [-0.3, -0.25) is 0 Å². The molecule has 1 heterocycles. The van der Waals surface area contributed by atoms with Crippen molar-refractivity contribution in [3.8, 4) is 0 Å². The predicted molar refractivity (Wildman–Crippen MR) is 49.2 cm³/mol. The number of fused-ring (bicyclic) bond motifs is 2. The van der Waals surface area contributed by atoms with E-state index in [1.54, 1.807) is 0 Å². The van der Waals surface area contributed by atoms with Crippen molar-refractivity contribution >= 4 is 0 Å². The second-order valence-electron chi connectivity index (χ2n) is 5.20. The second kappa shape index (κ2) is 2.48. The average Bonchev–Trinajstić information content (AvgIpc) is 2.54. The number of hydrogen-bond acceptors (Lipinski definition) is 2. The third-order valence-corrected chi connectivity index (χ3v) is 4.60. The molecule has 3 aliphatic rings. The molecular formula is C11H18O2. The van der Waals surface area contributed by atoms with Crippen LogP contribution in [-0.2, 0) is 4.74 Å². The Morgan fingerprint density at radius 2 is 1.92 bits per heavy atom. The first-order valence-electron chi connectivity index (χ1n) is 5.52. The van der Waals surface area contributed by atoms with Gasteiger partial charge < -0.3 is 9.84 Å². The Morgan fingerprint density at radius 3 is 2.46 bits per heavy atom. The lowest BCUT2D eigenvalue weighted by Crippen LogP contribution is -2.33. The molecule has 7 unspecified atom stereocenters. The van der Waals surface area contributed by atoms with Crippen LogP contribution in [0.25, 0.3) is 0 Å². The Kier molecular flexibility index (Phi) is 1.58. The molecule has 0 amide bonds. The fourth-order valence-electron chi connectivity index (χ4n) is 3.78. The van der Waals surface area contributed by atoms with Crippen LogP contribution in [0.15, 0.2) is 0 Å². The average molecular weight is 182 g/mol. The van der Waals surface area contributed by atoms with Crippen molar-refractivity contribution in [3.63, 3.8) is 0 Å². The van der Waals surface area contributed by atoms with Crippen LogP contribution in [0.2, 0.25) is 0 Å². The van der Waals surface area contributed by atoms with E-state index in [0.717, 1.165) is 18.3 Å². The van der Waals surface area contributed by atoms with Gasteiger partial charge in [-0.25, -0.2) is 0 Å². The number of aliphatic hydroxyl groups is 1. The van der Waals surface area contributed by atoms with Gasteiger partial charge in [-0.15, -0.1) is 0 Å². The highest BCUT2D eigenvalue weighted by atomic mass is 16.6. The molecule has 3 fully saturated rings. The van der Waals surface area contributed by atoms with E-state index in [2.05, 4.69) is 13.8 Å². The Hall–Kier alpha value is -0.0800. The predicted octanol–water partition coefficient (Wildman–Crippen LogP) is 1.43. The first-order valence-corrected chi connectivity index (χ1v) is 5.52.